The van der Waals surface area contributed by atoms with Crippen LogP contribution in [0.15, 0.2) is 22.7 Å². The van der Waals surface area contributed by atoms with Gasteiger partial charge in [0.2, 0.25) is 0 Å². The van der Waals surface area contributed by atoms with Gasteiger partial charge in [-0.05, 0) is 52.2 Å². The van der Waals surface area contributed by atoms with E-state index in [2.05, 4.69) is 40.3 Å². The van der Waals surface area contributed by atoms with Crippen LogP contribution in [0.2, 0.25) is 0 Å². The van der Waals surface area contributed by atoms with Gasteiger partial charge in [0.1, 0.15) is 5.60 Å². The lowest BCUT2D eigenvalue weighted by atomic mass is 10.0. The quantitative estimate of drug-likeness (QED) is 0.881. The minimum absolute atomic E-state index is 0.257. The molecule has 0 heterocycles. The second-order valence-electron chi connectivity index (χ2n) is 6.19. The zero-order chi connectivity index (χ0) is 14.3. The Balaban J connectivity index is 2.15. The van der Waals surface area contributed by atoms with Gasteiger partial charge in [-0.3, -0.25) is 0 Å². The first-order valence-corrected chi connectivity index (χ1v) is 7.29. The number of halogens is 1. The monoisotopic (exact) mass is 325 g/mol. The Morgan fingerprint density at radius 2 is 2.00 bits per heavy atom. The van der Waals surface area contributed by atoms with Gasteiger partial charge in [0.15, 0.2) is 0 Å². The van der Waals surface area contributed by atoms with Crippen LogP contribution in [0.4, 0.5) is 4.79 Å². The zero-order valence-corrected chi connectivity index (χ0v) is 13.4. The second-order valence-corrected chi connectivity index (χ2v) is 7.05. The van der Waals surface area contributed by atoms with Gasteiger partial charge >= 0.3 is 6.09 Å². The summed E-state index contributed by atoms with van der Waals surface area (Å²) in [6, 6.07) is 6.20. The summed E-state index contributed by atoms with van der Waals surface area (Å²) in [6.07, 6.45) is 1.56. The first-order chi connectivity index (χ1) is 8.72. The fourth-order valence-electron chi connectivity index (χ4n) is 2.09. The fraction of sp³-hybridized carbons (Fsp3) is 0.533. The minimum Gasteiger partial charge on any atom is -0.444 e. The molecule has 1 N–H and O–H groups in total. The van der Waals surface area contributed by atoms with Gasteiger partial charge in [0, 0.05) is 4.47 Å². The van der Waals surface area contributed by atoms with Crippen LogP contribution in [-0.2, 0) is 10.3 Å². The lowest BCUT2D eigenvalue weighted by molar-refractivity contribution is 0.0495. The third-order valence-electron chi connectivity index (χ3n) is 3.13. The normalized spacial score (nSPS) is 16.9. The molecule has 0 radical (unpaired) electrons. The van der Waals surface area contributed by atoms with Crippen LogP contribution in [0.5, 0.6) is 0 Å². The predicted octanol–water partition coefficient (Wildman–Crippen LogP) is 4.27. The van der Waals surface area contributed by atoms with E-state index in [-0.39, 0.29) is 11.6 Å². The van der Waals surface area contributed by atoms with Gasteiger partial charge in [0.05, 0.1) is 5.54 Å². The molecule has 0 bridgehead atoms. The molecule has 19 heavy (non-hydrogen) atoms. The van der Waals surface area contributed by atoms with Gasteiger partial charge in [0.25, 0.3) is 0 Å². The Morgan fingerprint density at radius 1 is 1.37 bits per heavy atom. The third-order valence-corrected chi connectivity index (χ3v) is 3.82. The van der Waals surface area contributed by atoms with Crippen LogP contribution in [0.1, 0.15) is 44.7 Å². The molecule has 0 unspecified atom stereocenters. The number of carbonyl (C=O) groups is 1. The van der Waals surface area contributed by atoms with E-state index in [1.54, 1.807) is 0 Å². The molecule has 0 aromatic heterocycles. The molecule has 3 nitrogen and oxygen atoms in total. The number of rotatable bonds is 2. The van der Waals surface area contributed by atoms with Gasteiger partial charge in [-0.25, -0.2) is 4.79 Å². The van der Waals surface area contributed by atoms with E-state index in [9.17, 15) is 4.79 Å². The molecule has 0 aliphatic heterocycles. The van der Waals surface area contributed by atoms with Crippen molar-refractivity contribution in [3.8, 4) is 0 Å². The SMILES string of the molecule is Cc1ccc(Br)c(C2(NC(=O)OC(C)(C)C)CC2)c1. The second kappa shape index (κ2) is 4.82. The summed E-state index contributed by atoms with van der Waals surface area (Å²) in [5.41, 5.74) is 1.60. The summed E-state index contributed by atoms with van der Waals surface area (Å²) in [5.74, 6) is 0. The minimum atomic E-state index is -0.468. The molecule has 1 saturated carbocycles. The van der Waals surface area contributed by atoms with E-state index in [1.807, 2.05) is 26.8 Å². The van der Waals surface area contributed by atoms with Crippen LogP contribution in [0, 0.1) is 6.92 Å². The Labute approximate surface area is 122 Å². The van der Waals surface area contributed by atoms with Gasteiger partial charge in [-0.15, -0.1) is 0 Å². The molecule has 0 spiro atoms. The first-order valence-electron chi connectivity index (χ1n) is 6.50. The Morgan fingerprint density at radius 3 is 2.53 bits per heavy atom. The molecule has 1 aromatic carbocycles. The van der Waals surface area contributed by atoms with E-state index >= 15 is 0 Å². The number of aryl methyl sites for hydroxylation is 1. The lowest BCUT2D eigenvalue weighted by Gasteiger charge is -2.24. The molecule has 1 fully saturated rings. The van der Waals surface area contributed by atoms with Gasteiger partial charge < -0.3 is 10.1 Å². The highest BCUT2D eigenvalue weighted by Crippen LogP contribution is 2.48. The maximum absolute atomic E-state index is 11.9. The van der Waals surface area contributed by atoms with E-state index < -0.39 is 5.60 Å². The number of nitrogens with one attached hydrogen (secondary N) is 1. The number of carbonyl (C=O) groups excluding carboxylic acids is 1. The van der Waals surface area contributed by atoms with Crippen molar-refractivity contribution in [2.24, 2.45) is 0 Å². The smallest absolute Gasteiger partial charge is 0.408 e. The molecule has 0 atom stereocenters. The van der Waals surface area contributed by atoms with Crippen LogP contribution < -0.4 is 5.32 Å². The molecule has 1 aliphatic rings. The van der Waals surface area contributed by atoms with E-state index in [1.165, 1.54) is 5.56 Å². The molecule has 1 aromatic rings. The average molecular weight is 326 g/mol. The van der Waals surface area contributed by atoms with Crippen LogP contribution >= 0.6 is 15.9 Å². The lowest BCUT2D eigenvalue weighted by Crippen LogP contribution is -2.39. The van der Waals surface area contributed by atoms with Crippen molar-refractivity contribution in [3.63, 3.8) is 0 Å². The van der Waals surface area contributed by atoms with E-state index in [4.69, 9.17) is 4.74 Å². The Kier molecular flexibility index (Phi) is 3.65. The predicted molar refractivity (Wildman–Crippen MR) is 79.2 cm³/mol. The van der Waals surface area contributed by atoms with Gasteiger partial charge in [-0.2, -0.15) is 0 Å². The molecule has 0 saturated heterocycles. The van der Waals surface area contributed by atoms with Crippen molar-refractivity contribution in [2.75, 3.05) is 0 Å². The largest absolute Gasteiger partial charge is 0.444 e. The fourth-order valence-corrected chi connectivity index (χ4v) is 2.72. The Bertz CT molecular complexity index is 501. The summed E-state index contributed by atoms with van der Waals surface area (Å²) >= 11 is 3.57. The molecular weight excluding hydrogens is 306 g/mol. The standard InChI is InChI=1S/C15H20BrNO2/c1-10-5-6-12(16)11(9-10)15(7-8-15)17-13(18)19-14(2,3)4/h5-6,9H,7-8H2,1-4H3,(H,17,18). The van der Waals surface area contributed by atoms with Crippen molar-refractivity contribution in [3.05, 3.63) is 33.8 Å². The zero-order valence-electron chi connectivity index (χ0n) is 11.8. The van der Waals surface area contributed by atoms with Crippen molar-refractivity contribution in [1.82, 2.24) is 5.32 Å². The number of amides is 1. The Hall–Kier alpha value is -1.03. The van der Waals surface area contributed by atoms with Crippen LogP contribution in [-0.4, -0.2) is 11.7 Å². The van der Waals surface area contributed by atoms with Crippen molar-refractivity contribution in [1.29, 1.82) is 0 Å². The maximum Gasteiger partial charge on any atom is 0.408 e. The highest BCUT2D eigenvalue weighted by molar-refractivity contribution is 9.10. The number of hydrogen-bond donors (Lipinski definition) is 1. The molecular formula is C15H20BrNO2. The highest BCUT2D eigenvalue weighted by Gasteiger charge is 2.47. The highest BCUT2D eigenvalue weighted by atomic mass is 79.9. The maximum atomic E-state index is 11.9. The van der Waals surface area contributed by atoms with Crippen molar-refractivity contribution in [2.45, 2.75) is 51.7 Å². The van der Waals surface area contributed by atoms with Gasteiger partial charge in [-0.1, -0.05) is 33.6 Å². The summed E-state index contributed by atoms with van der Waals surface area (Å²) < 4.78 is 6.37. The summed E-state index contributed by atoms with van der Waals surface area (Å²) in [5, 5.41) is 3.02. The van der Waals surface area contributed by atoms with E-state index in [0.717, 1.165) is 22.9 Å². The first kappa shape index (κ1) is 14.4. The molecule has 1 amide bonds. The van der Waals surface area contributed by atoms with Crippen LogP contribution in [0.3, 0.4) is 0 Å². The average Bonchev–Trinajstić information content (AvgIpc) is 2.99. The molecule has 104 valence electrons. The summed E-state index contributed by atoms with van der Waals surface area (Å²) in [4.78, 5) is 11.9. The molecule has 4 heteroatoms. The van der Waals surface area contributed by atoms with E-state index in [0.29, 0.717) is 0 Å². The molecule has 1 aliphatic carbocycles. The number of hydrogen-bond acceptors (Lipinski definition) is 2. The third kappa shape index (κ3) is 3.50. The van der Waals surface area contributed by atoms with Crippen molar-refractivity contribution < 1.29 is 9.53 Å². The number of ether oxygens (including phenoxy) is 1. The van der Waals surface area contributed by atoms with Crippen molar-refractivity contribution >= 4 is 22.0 Å². The topological polar surface area (TPSA) is 38.3 Å². The summed E-state index contributed by atoms with van der Waals surface area (Å²) in [6.45, 7) is 7.66. The number of benzene rings is 1. The van der Waals surface area contributed by atoms with Crippen LogP contribution in [0.25, 0.3) is 0 Å². The summed E-state index contributed by atoms with van der Waals surface area (Å²) in [7, 11) is 0. The molecule has 2 rings (SSSR count). The number of alkyl carbamates (subject to hydrolysis) is 1.